The van der Waals surface area contributed by atoms with Crippen molar-refractivity contribution in [3.63, 3.8) is 0 Å². The van der Waals surface area contributed by atoms with Crippen LogP contribution in [0.3, 0.4) is 0 Å². The Kier molecular flexibility index (Phi) is 5.11. The number of nitrogens with zero attached hydrogens (tertiary/aromatic N) is 1. The van der Waals surface area contributed by atoms with Crippen LogP contribution < -0.4 is 4.74 Å². The van der Waals surface area contributed by atoms with Crippen molar-refractivity contribution in [3.8, 4) is 28.1 Å². The average Bonchev–Trinajstić information content (AvgIpc) is 2.96. The van der Waals surface area contributed by atoms with E-state index in [0.717, 1.165) is 22.2 Å². The molecule has 0 bridgehead atoms. The fourth-order valence-electron chi connectivity index (χ4n) is 5.69. The van der Waals surface area contributed by atoms with Gasteiger partial charge in [-0.05, 0) is 62.5 Å². The first-order chi connectivity index (χ1) is 18.3. The number of pyridine rings is 1. The van der Waals surface area contributed by atoms with E-state index < -0.39 is 0 Å². The van der Waals surface area contributed by atoms with Gasteiger partial charge < -0.3 is 4.74 Å². The van der Waals surface area contributed by atoms with Crippen LogP contribution in [-0.2, 0) is 0 Å². The molecule has 0 aliphatic heterocycles. The Hall–Kier alpha value is -4.69. The smallest absolute Gasteiger partial charge is 0.127 e. The highest BCUT2D eigenvalue weighted by Crippen LogP contribution is 2.46. The summed E-state index contributed by atoms with van der Waals surface area (Å²) >= 11 is 0. The summed E-state index contributed by atoms with van der Waals surface area (Å²) in [6.07, 6.45) is 1.99. The SMILES string of the molecule is CCOc1ccc(-c2c3ccccc3c(-c3cc4ccccc4cn3)c3ccccc23)c2ccccc12. The van der Waals surface area contributed by atoms with Gasteiger partial charge in [-0.1, -0.05) is 103 Å². The van der Waals surface area contributed by atoms with Crippen LogP contribution in [0.15, 0.2) is 121 Å². The fourth-order valence-corrected chi connectivity index (χ4v) is 5.69. The Bertz CT molecular complexity index is 1900. The average molecular weight is 476 g/mol. The largest absolute Gasteiger partial charge is 0.493 e. The number of hydrogen-bond acceptors (Lipinski definition) is 2. The zero-order valence-electron chi connectivity index (χ0n) is 20.6. The van der Waals surface area contributed by atoms with Gasteiger partial charge in [0.2, 0.25) is 0 Å². The predicted octanol–water partition coefficient (Wildman–Crippen LogP) is 9.43. The molecule has 0 spiro atoms. The molecule has 176 valence electrons. The van der Waals surface area contributed by atoms with E-state index in [1.165, 1.54) is 49.0 Å². The van der Waals surface area contributed by atoms with Crippen molar-refractivity contribution in [2.24, 2.45) is 0 Å². The lowest BCUT2D eigenvalue weighted by Crippen LogP contribution is -1.95. The van der Waals surface area contributed by atoms with Crippen molar-refractivity contribution < 1.29 is 4.74 Å². The number of benzene rings is 6. The summed E-state index contributed by atoms with van der Waals surface area (Å²) in [5.41, 5.74) is 4.63. The van der Waals surface area contributed by atoms with Gasteiger partial charge in [0, 0.05) is 22.5 Å². The van der Waals surface area contributed by atoms with Gasteiger partial charge in [0.15, 0.2) is 0 Å². The van der Waals surface area contributed by atoms with Crippen LogP contribution in [0, 0.1) is 0 Å². The van der Waals surface area contributed by atoms with Crippen LogP contribution in [0.5, 0.6) is 5.75 Å². The molecule has 0 saturated carbocycles. The van der Waals surface area contributed by atoms with E-state index in [1.807, 2.05) is 13.1 Å². The zero-order chi connectivity index (χ0) is 24.8. The minimum absolute atomic E-state index is 0.642. The molecule has 2 nitrogen and oxygen atoms in total. The first kappa shape index (κ1) is 21.6. The summed E-state index contributed by atoms with van der Waals surface area (Å²) in [7, 11) is 0. The Morgan fingerprint density at radius 1 is 0.541 bits per heavy atom. The lowest BCUT2D eigenvalue weighted by Gasteiger charge is -2.19. The van der Waals surface area contributed by atoms with Crippen molar-refractivity contribution in [3.05, 3.63) is 121 Å². The predicted molar refractivity (Wildman–Crippen MR) is 156 cm³/mol. The molecule has 0 N–H and O–H groups in total. The van der Waals surface area contributed by atoms with Crippen LogP contribution in [0.2, 0.25) is 0 Å². The molecule has 0 aliphatic carbocycles. The molecule has 0 fully saturated rings. The summed E-state index contributed by atoms with van der Waals surface area (Å²) in [5, 5.41) is 9.53. The lowest BCUT2D eigenvalue weighted by atomic mass is 9.85. The Morgan fingerprint density at radius 3 is 1.73 bits per heavy atom. The lowest BCUT2D eigenvalue weighted by molar-refractivity contribution is 0.344. The second-order valence-corrected chi connectivity index (χ2v) is 9.35. The van der Waals surface area contributed by atoms with E-state index >= 15 is 0 Å². The van der Waals surface area contributed by atoms with E-state index in [4.69, 9.17) is 9.72 Å². The number of rotatable bonds is 4. The molecule has 0 amide bonds. The first-order valence-electron chi connectivity index (χ1n) is 12.8. The Balaban J connectivity index is 1.61. The van der Waals surface area contributed by atoms with Crippen molar-refractivity contribution in [1.82, 2.24) is 4.98 Å². The molecular formula is C35H25NO. The minimum atomic E-state index is 0.642. The van der Waals surface area contributed by atoms with E-state index in [9.17, 15) is 0 Å². The highest BCUT2D eigenvalue weighted by molar-refractivity contribution is 6.23. The summed E-state index contributed by atoms with van der Waals surface area (Å²) in [5.74, 6) is 0.924. The molecule has 2 heteroatoms. The molecule has 7 aromatic rings. The van der Waals surface area contributed by atoms with Crippen molar-refractivity contribution in [2.45, 2.75) is 6.92 Å². The maximum atomic E-state index is 5.99. The molecule has 0 aliphatic rings. The van der Waals surface area contributed by atoms with Gasteiger partial charge in [0.05, 0.1) is 12.3 Å². The normalized spacial score (nSPS) is 11.5. The molecule has 0 radical (unpaired) electrons. The van der Waals surface area contributed by atoms with Gasteiger partial charge >= 0.3 is 0 Å². The highest BCUT2D eigenvalue weighted by atomic mass is 16.5. The maximum absolute atomic E-state index is 5.99. The van der Waals surface area contributed by atoms with Crippen LogP contribution in [0.25, 0.3) is 65.5 Å². The van der Waals surface area contributed by atoms with E-state index in [1.54, 1.807) is 0 Å². The van der Waals surface area contributed by atoms with E-state index in [-0.39, 0.29) is 0 Å². The number of hydrogen-bond donors (Lipinski definition) is 0. The monoisotopic (exact) mass is 475 g/mol. The summed E-state index contributed by atoms with van der Waals surface area (Å²) in [6, 6.07) is 41.0. The number of ether oxygens (including phenoxy) is 1. The molecule has 7 rings (SSSR count). The van der Waals surface area contributed by atoms with Gasteiger partial charge in [0.1, 0.15) is 5.75 Å². The van der Waals surface area contributed by atoms with Gasteiger partial charge in [0.25, 0.3) is 0 Å². The summed E-state index contributed by atoms with van der Waals surface area (Å²) in [4.78, 5) is 4.95. The summed E-state index contributed by atoms with van der Waals surface area (Å²) in [6.45, 7) is 2.67. The van der Waals surface area contributed by atoms with Crippen LogP contribution >= 0.6 is 0 Å². The van der Waals surface area contributed by atoms with Gasteiger partial charge in [-0.3, -0.25) is 4.98 Å². The second kappa shape index (κ2) is 8.76. The Labute approximate surface area is 215 Å². The van der Waals surface area contributed by atoms with Gasteiger partial charge in [-0.15, -0.1) is 0 Å². The zero-order valence-corrected chi connectivity index (χ0v) is 20.6. The third kappa shape index (κ3) is 3.45. The molecule has 1 heterocycles. The standard InChI is InChI=1S/C35H25NO/c1-2-37-33-20-19-31(25-13-5-6-14-26(25)33)34-27-15-7-9-17-29(27)35(30-18-10-8-16-28(30)34)32-21-23-11-3-4-12-24(23)22-36-32/h3-22H,2H2,1H3. The second-order valence-electron chi connectivity index (χ2n) is 9.35. The molecule has 37 heavy (non-hydrogen) atoms. The molecular weight excluding hydrogens is 450 g/mol. The molecule has 0 unspecified atom stereocenters. The molecule has 0 saturated heterocycles. The molecule has 6 aromatic carbocycles. The minimum Gasteiger partial charge on any atom is -0.493 e. The van der Waals surface area contributed by atoms with Crippen LogP contribution in [0.1, 0.15) is 6.92 Å². The number of aromatic nitrogens is 1. The fraction of sp³-hybridized carbons (Fsp3) is 0.0571. The topological polar surface area (TPSA) is 22.1 Å². The quantitative estimate of drug-likeness (QED) is 0.237. The third-order valence-corrected chi connectivity index (χ3v) is 7.27. The maximum Gasteiger partial charge on any atom is 0.127 e. The van der Waals surface area contributed by atoms with E-state index in [2.05, 4.69) is 115 Å². The number of fused-ring (bicyclic) bond motifs is 4. The van der Waals surface area contributed by atoms with Crippen LogP contribution in [0.4, 0.5) is 0 Å². The highest BCUT2D eigenvalue weighted by Gasteiger charge is 2.19. The molecule has 1 aromatic heterocycles. The van der Waals surface area contributed by atoms with Gasteiger partial charge in [-0.2, -0.15) is 0 Å². The first-order valence-corrected chi connectivity index (χ1v) is 12.8. The summed E-state index contributed by atoms with van der Waals surface area (Å²) < 4.78 is 5.99. The van der Waals surface area contributed by atoms with Crippen molar-refractivity contribution in [2.75, 3.05) is 6.61 Å². The van der Waals surface area contributed by atoms with Crippen molar-refractivity contribution in [1.29, 1.82) is 0 Å². The van der Waals surface area contributed by atoms with Crippen molar-refractivity contribution >= 4 is 43.1 Å². The van der Waals surface area contributed by atoms with E-state index in [0.29, 0.717) is 6.61 Å². The van der Waals surface area contributed by atoms with Gasteiger partial charge in [-0.25, -0.2) is 0 Å². The third-order valence-electron chi connectivity index (χ3n) is 7.27. The Morgan fingerprint density at radius 2 is 1.08 bits per heavy atom. The van der Waals surface area contributed by atoms with Crippen LogP contribution in [-0.4, -0.2) is 11.6 Å². The molecule has 0 atom stereocenters.